The molecule has 0 aliphatic carbocycles. The van der Waals surface area contributed by atoms with Gasteiger partial charge in [-0.3, -0.25) is 14.6 Å². The van der Waals surface area contributed by atoms with Gasteiger partial charge in [0.2, 0.25) is 0 Å². The minimum Gasteiger partial charge on any atom is -0.345 e. The molecular formula is C23H19ClN4O2. The third-order valence-corrected chi connectivity index (χ3v) is 4.92. The Morgan fingerprint density at radius 2 is 1.77 bits per heavy atom. The molecule has 0 N–H and O–H groups in total. The molecule has 30 heavy (non-hydrogen) atoms. The van der Waals surface area contributed by atoms with Crippen molar-refractivity contribution in [3.8, 4) is 17.3 Å². The maximum atomic E-state index is 13.0. The summed E-state index contributed by atoms with van der Waals surface area (Å²) in [4.78, 5) is 32.3. The van der Waals surface area contributed by atoms with E-state index in [2.05, 4.69) is 11.1 Å². The number of carbonyl (C=O) groups is 2. The monoisotopic (exact) mass is 418 g/mol. The van der Waals surface area contributed by atoms with E-state index in [1.807, 2.05) is 6.07 Å². The van der Waals surface area contributed by atoms with Crippen LogP contribution in [0.3, 0.4) is 0 Å². The summed E-state index contributed by atoms with van der Waals surface area (Å²) >= 11 is 6.31. The van der Waals surface area contributed by atoms with Crippen molar-refractivity contribution < 1.29 is 9.59 Å². The Bertz CT molecular complexity index is 1150. The van der Waals surface area contributed by atoms with Gasteiger partial charge >= 0.3 is 0 Å². The maximum absolute atomic E-state index is 13.0. The number of benzene rings is 2. The van der Waals surface area contributed by atoms with Crippen LogP contribution in [-0.4, -0.2) is 42.8 Å². The minimum atomic E-state index is -0.333. The summed E-state index contributed by atoms with van der Waals surface area (Å²) in [7, 11) is 4.92. The van der Waals surface area contributed by atoms with Gasteiger partial charge in [0.1, 0.15) is 0 Å². The van der Waals surface area contributed by atoms with Crippen LogP contribution in [-0.2, 0) is 0 Å². The first kappa shape index (κ1) is 21.0. The van der Waals surface area contributed by atoms with E-state index < -0.39 is 0 Å². The molecule has 0 atom stereocenters. The summed E-state index contributed by atoms with van der Waals surface area (Å²) in [5.74, 6) is -0.531. The van der Waals surface area contributed by atoms with Crippen LogP contribution in [0.15, 0.2) is 60.8 Å². The van der Waals surface area contributed by atoms with Crippen molar-refractivity contribution >= 4 is 29.1 Å². The highest BCUT2D eigenvalue weighted by molar-refractivity contribution is 6.35. The maximum Gasteiger partial charge on any atom is 0.259 e. The highest BCUT2D eigenvalue weighted by atomic mass is 35.5. The summed E-state index contributed by atoms with van der Waals surface area (Å²) in [6.45, 7) is 0. The Morgan fingerprint density at radius 3 is 2.37 bits per heavy atom. The summed E-state index contributed by atoms with van der Waals surface area (Å²) in [6.07, 6.45) is 1.65. The third kappa shape index (κ3) is 4.17. The van der Waals surface area contributed by atoms with E-state index in [9.17, 15) is 14.9 Å². The van der Waals surface area contributed by atoms with E-state index in [4.69, 9.17) is 11.6 Å². The van der Waals surface area contributed by atoms with Gasteiger partial charge in [0.25, 0.3) is 11.8 Å². The molecule has 2 amide bonds. The van der Waals surface area contributed by atoms with Gasteiger partial charge in [-0.1, -0.05) is 17.7 Å². The summed E-state index contributed by atoms with van der Waals surface area (Å²) < 4.78 is 0. The van der Waals surface area contributed by atoms with Crippen molar-refractivity contribution in [2.45, 2.75) is 0 Å². The molecule has 6 nitrogen and oxygen atoms in total. The fraction of sp³-hybridized carbons (Fsp3) is 0.130. The second kappa shape index (κ2) is 8.76. The number of halogens is 1. The molecule has 1 heterocycles. The highest BCUT2D eigenvalue weighted by Crippen LogP contribution is 2.28. The van der Waals surface area contributed by atoms with Crippen LogP contribution in [0.1, 0.15) is 26.3 Å². The summed E-state index contributed by atoms with van der Waals surface area (Å²) in [5, 5.41) is 9.63. The predicted octanol–water partition coefficient (Wildman–Crippen LogP) is 4.25. The molecule has 0 unspecified atom stereocenters. The third-order valence-electron chi connectivity index (χ3n) is 4.61. The zero-order valence-corrected chi connectivity index (χ0v) is 17.5. The highest BCUT2D eigenvalue weighted by Gasteiger charge is 2.20. The van der Waals surface area contributed by atoms with Crippen molar-refractivity contribution in [3.05, 3.63) is 82.5 Å². The Balaban J connectivity index is 1.95. The standard InChI is InChI=1S/C23H19ClN4O2/c1-27(2)22(29)15-8-10-18(20(24)12-15)23(30)28(3)17-9-7-16(14-25)19(13-17)21-6-4-5-11-26-21/h4-13H,1-3H3. The van der Waals surface area contributed by atoms with Crippen LogP contribution < -0.4 is 4.90 Å². The molecular weight excluding hydrogens is 400 g/mol. The van der Waals surface area contributed by atoms with E-state index in [1.165, 1.54) is 15.9 Å². The lowest BCUT2D eigenvalue weighted by Gasteiger charge is -2.20. The molecule has 0 aliphatic rings. The number of anilines is 1. The number of carbonyl (C=O) groups excluding carboxylic acids is 2. The van der Waals surface area contributed by atoms with Crippen molar-refractivity contribution in [3.63, 3.8) is 0 Å². The fourth-order valence-electron chi connectivity index (χ4n) is 2.95. The first-order valence-corrected chi connectivity index (χ1v) is 9.46. The normalized spacial score (nSPS) is 10.2. The predicted molar refractivity (Wildman–Crippen MR) is 117 cm³/mol. The number of pyridine rings is 1. The molecule has 1 aromatic heterocycles. The Hall–Kier alpha value is -3.69. The number of amides is 2. The number of aromatic nitrogens is 1. The molecule has 3 rings (SSSR count). The first-order valence-electron chi connectivity index (χ1n) is 9.08. The van der Waals surface area contributed by atoms with Gasteiger partial charge in [-0.2, -0.15) is 5.26 Å². The number of hydrogen-bond donors (Lipinski definition) is 0. The molecule has 0 radical (unpaired) electrons. The minimum absolute atomic E-state index is 0.193. The molecule has 0 aliphatic heterocycles. The molecule has 0 saturated heterocycles. The van der Waals surface area contributed by atoms with Gasteiger partial charge in [0, 0.05) is 44.2 Å². The smallest absolute Gasteiger partial charge is 0.259 e. The average Bonchev–Trinajstić information content (AvgIpc) is 2.77. The topological polar surface area (TPSA) is 77.3 Å². The zero-order chi connectivity index (χ0) is 21.8. The van der Waals surface area contributed by atoms with Gasteiger partial charge in [-0.05, 0) is 48.5 Å². The zero-order valence-electron chi connectivity index (χ0n) is 16.8. The van der Waals surface area contributed by atoms with Gasteiger partial charge in [-0.15, -0.1) is 0 Å². The van der Waals surface area contributed by atoms with Crippen LogP contribution in [0.25, 0.3) is 11.3 Å². The summed E-state index contributed by atoms with van der Waals surface area (Å²) in [6, 6.07) is 17.3. The van der Waals surface area contributed by atoms with Crippen LogP contribution >= 0.6 is 11.6 Å². The molecule has 0 bridgehead atoms. The van der Waals surface area contributed by atoms with Crippen LogP contribution in [0, 0.1) is 11.3 Å². The number of nitriles is 1. The lowest BCUT2D eigenvalue weighted by molar-refractivity contribution is 0.0827. The van der Waals surface area contributed by atoms with Crippen LogP contribution in [0.2, 0.25) is 5.02 Å². The lowest BCUT2D eigenvalue weighted by atomic mass is 10.0. The second-order valence-corrected chi connectivity index (χ2v) is 7.22. The van der Waals surface area contributed by atoms with Crippen molar-refractivity contribution in [1.29, 1.82) is 5.26 Å². The molecule has 3 aromatic rings. The molecule has 0 spiro atoms. The lowest BCUT2D eigenvalue weighted by Crippen LogP contribution is -2.27. The molecule has 7 heteroatoms. The van der Waals surface area contributed by atoms with Crippen molar-refractivity contribution in [1.82, 2.24) is 9.88 Å². The quantitative estimate of drug-likeness (QED) is 0.634. The summed E-state index contributed by atoms with van der Waals surface area (Å²) in [5.41, 5.74) is 3.00. The number of nitrogens with zero attached hydrogens (tertiary/aromatic N) is 4. The molecule has 0 saturated carbocycles. The molecule has 0 fully saturated rings. The van der Waals surface area contributed by atoms with Gasteiger partial charge in [-0.25, -0.2) is 0 Å². The van der Waals surface area contributed by atoms with E-state index >= 15 is 0 Å². The Morgan fingerprint density at radius 1 is 1.00 bits per heavy atom. The van der Waals surface area contributed by atoms with Crippen LogP contribution in [0.4, 0.5) is 5.69 Å². The second-order valence-electron chi connectivity index (χ2n) is 6.82. The van der Waals surface area contributed by atoms with E-state index in [0.29, 0.717) is 28.1 Å². The molecule has 150 valence electrons. The van der Waals surface area contributed by atoms with E-state index in [1.54, 1.807) is 69.8 Å². The van der Waals surface area contributed by atoms with Gasteiger partial charge in [0.15, 0.2) is 0 Å². The Labute approximate surface area is 179 Å². The van der Waals surface area contributed by atoms with Crippen molar-refractivity contribution in [2.75, 3.05) is 26.0 Å². The Kier molecular flexibility index (Phi) is 6.14. The van der Waals surface area contributed by atoms with Gasteiger partial charge < -0.3 is 9.80 Å². The van der Waals surface area contributed by atoms with E-state index in [-0.39, 0.29) is 22.4 Å². The largest absolute Gasteiger partial charge is 0.345 e. The van der Waals surface area contributed by atoms with Crippen molar-refractivity contribution in [2.24, 2.45) is 0 Å². The van der Waals surface area contributed by atoms with Crippen LogP contribution in [0.5, 0.6) is 0 Å². The first-order chi connectivity index (χ1) is 14.3. The van der Waals surface area contributed by atoms with Gasteiger partial charge in [0.05, 0.1) is 27.9 Å². The average molecular weight is 419 g/mol. The number of hydrogen-bond acceptors (Lipinski definition) is 4. The molecule has 2 aromatic carbocycles. The SMILES string of the molecule is CN(C)C(=O)c1ccc(C(=O)N(C)c2ccc(C#N)c(-c3ccccn3)c2)c(Cl)c1. The van der Waals surface area contributed by atoms with E-state index in [0.717, 1.165) is 0 Å². The number of rotatable bonds is 4. The fourth-order valence-corrected chi connectivity index (χ4v) is 3.21.